The topological polar surface area (TPSA) is 117 Å². The van der Waals surface area contributed by atoms with Crippen LogP contribution >= 0.6 is 0 Å². The first-order chi connectivity index (χ1) is 9.56. The summed E-state index contributed by atoms with van der Waals surface area (Å²) in [4.78, 5) is 22.3. The Labute approximate surface area is 113 Å². The van der Waals surface area contributed by atoms with Crippen molar-refractivity contribution in [3.8, 4) is 5.75 Å². The molecule has 0 aliphatic rings. The minimum Gasteiger partial charge on any atom is -0.508 e. The van der Waals surface area contributed by atoms with Gasteiger partial charge in [0.2, 0.25) is 0 Å². The monoisotopic (exact) mass is 276 g/mol. The lowest BCUT2D eigenvalue weighted by atomic mass is 10.2. The van der Waals surface area contributed by atoms with Gasteiger partial charge in [0, 0.05) is 12.1 Å². The van der Waals surface area contributed by atoms with Crippen LogP contribution in [0.1, 0.15) is 20.8 Å². The maximum atomic E-state index is 11.7. The van der Waals surface area contributed by atoms with Crippen LogP contribution in [0.3, 0.4) is 0 Å². The summed E-state index contributed by atoms with van der Waals surface area (Å²) < 4.78 is 1.33. The molecule has 1 heterocycles. The Morgan fingerprint density at radius 3 is 2.55 bits per heavy atom. The van der Waals surface area contributed by atoms with Crippen molar-refractivity contribution in [2.45, 2.75) is 6.54 Å². The van der Waals surface area contributed by atoms with E-state index in [9.17, 15) is 9.59 Å². The molecule has 0 spiro atoms. The molecule has 20 heavy (non-hydrogen) atoms. The van der Waals surface area contributed by atoms with E-state index in [1.54, 1.807) is 0 Å². The van der Waals surface area contributed by atoms with Gasteiger partial charge in [-0.25, -0.2) is 9.48 Å². The number of hydrogen-bond acceptors (Lipinski definition) is 5. The third-order valence-electron chi connectivity index (χ3n) is 2.51. The largest absolute Gasteiger partial charge is 0.508 e. The minimum atomic E-state index is -1.15. The van der Waals surface area contributed by atoms with Crippen LogP contribution in [0, 0.1) is 0 Å². The van der Waals surface area contributed by atoms with Crippen LogP contribution in [-0.4, -0.2) is 43.6 Å². The summed E-state index contributed by atoms with van der Waals surface area (Å²) in [5.74, 6) is -1.35. The zero-order valence-electron chi connectivity index (χ0n) is 10.4. The molecule has 0 bridgehead atoms. The highest BCUT2D eigenvalue weighted by atomic mass is 16.4. The predicted molar refractivity (Wildman–Crippen MR) is 67.4 cm³/mol. The summed E-state index contributed by atoms with van der Waals surface area (Å²) in [7, 11) is 0. The SMILES string of the molecule is O=C(NCCn1cc(C(=O)O)nn1)c1ccc(O)cc1. The standard InChI is InChI=1S/C12H12N4O4/c17-9-3-1-8(2-4-9)11(18)13-5-6-16-7-10(12(19)20)14-15-16/h1-4,7,17H,5-6H2,(H,13,18)(H,19,20). The van der Waals surface area contributed by atoms with E-state index in [1.165, 1.54) is 35.1 Å². The van der Waals surface area contributed by atoms with E-state index in [0.29, 0.717) is 12.1 Å². The number of nitrogens with one attached hydrogen (secondary N) is 1. The van der Waals surface area contributed by atoms with Crippen molar-refractivity contribution >= 4 is 11.9 Å². The van der Waals surface area contributed by atoms with Gasteiger partial charge in [-0.2, -0.15) is 0 Å². The lowest BCUT2D eigenvalue weighted by Crippen LogP contribution is -2.27. The summed E-state index contributed by atoms with van der Waals surface area (Å²) in [5.41, 5.74) is 0.280. The molecule has 2 rings (SSSR count). The number of carboxylic acids is 1. The first kappa shape index (κ1) is 13.5. The van der Waals surface area contributed by atoms with Gasteiger partial charge in [-0.05, 0) is 24.3 Å². The fraction of sp³-hybridized carbons (Fsp3) is 0.167. The zero-order chi connectivity index (χ0) is 14.5. The Morgan fingerprint density at radius 2 is 1.95 bits per heavy atom. The van der Waals surface area contributed by atoms with Gasteiger partial charge in [0.25, 0.3) is 5.91 Å². The lowest BCUT2D eigenvalue weighted by Gasteiger charge is -2.05. The van der Waals surface area contributed by atoms with Gasteiger partial charge >= 0.3 is 5.97 Å². The van der Waals surface area contributed by atoms with Crippen LogP contribution < -0.4 is 5.32 Å². The van der Waals surface area contributed by atoms with E-state index in [0.717, 1.165) is 0 Å². The molecule has 2 aromatic rings. The molecule has 0 saturated carbocycles. The molecule has 0 fully saturated rings. The summed E-state index contributed by atoms with van der Waals surface area (Å²) in [6.45, 7) is 0.590. The smallest absolute Gasteiger partial charge is 0.358 e. The number of carbonyl (C=O) groups excluding carboxylic acids is 1. The van der Waals surface area contributed by atoms with Crippen molar-refractivity contribution in [1.82, 2.24) is 20.3 Å². The number of aromatic hydroxyl groups is 1. The number of phenols is 1. The van der Waals surface area contributed by atoms with E-state index in [4.69, 9.17) is 10.2 Å². The highest BCUT2D eigenvalue weighted by molar-refractivity contribution is 5.94. The summed E-state index contributed by atoms with van der Waals surface area (Å²) in [6, 6.07) is 5.85. The van der Waals surface area contributed by atoms with E-state index < -0.39 is 5.97 Å². The van der Waals surface area contributed by atoms with E-state index in [2.05, 4.69) is 15.6 Å². The molecule has 0 radical (unpaired) electrons. The number of hydrogen-bond donors (Lipinski definition) is 3. The van der Waals surface area contributed by atoms with Gasteiger partial charge in [0.05, 0.1) is 12.7 Å². The number of phenolic OH excluding ortho intramolecular Hbond substituents is 1. The quantitative estimate of drug-likeness (QED) is 0.713. The van der Waals surface area contributed by atoms with Crippen LogP contribution in [0.25, 0.3) is 0 Å². The van der Waals surface area contributed by atoms with Gasteiger partial charge < -0.3 is 15.5 Å². The molecule has 1 amide bonds. The maximum absolute atomic E-state index is 11.7. The molecule has 8 heteroatoms. The number of carbonyl (C=O) groups is 2. The molecule has 0 saturated heterocycles. The molecular formula is C12H12N4O4. The van der Waals surface area contributed by atoms with Crippen molar-refractivity contribution < 1.29 is 19.8 Å². The minimum absolute atomic E-state index is 0.0883. The first-order valence-corrected chi connectivity index (χ1v) is 5.77. The second-order valence-electron chi connectivity index (χ2n) is 3.97. The predicted octanol–water partition coefficient (Wildman–Crippen LogP) is 0.112. The number of aromatic nitrogens is 3. The fourth-order valence-corrected chi connectivity index (χ4v) is 1.50. The second-order valence-corrected chi connectivity index (χ2v) is 3.97. The Kier molecular flexibility index (Phi) is 3.94. The van der Waals surface area contributed by atoms with E-state index >= 15 is 0 Å². The molecule has 0 aliphatic heterocycles. The maximum Gasteiger partial charge on any atom is 0.358 e. The summed E-state index contributed by atoms with van der Waals surface area (Å²) >= 11 is 0. The van der Waals surface area contributed by atoms with Crippen molar-refractivity contribution in [3.05, 3.63) is 41.7 Å². The van der Waals surface area contributed by atoms with Gasteiger partial charge in [-0.1, -0.05) is 5.21 Å². The van der Waals surface area contributed by atoms with Crippen molar-refractivity contribution in [2.24, 2.45) is 0 Å². The second kappa shape index (κ2) is 5.83. The van der Waals surface area contributed by atoms with Gasteiger partial charge in [0.1, 0.15) is 5.75 Å². The van der Waals surface area contributed by atoms with Crippen molar-refractivity contribution in [1.29, 1.82) is 0 Å². The number of carboxylic acid groups (broad SMARTS) is 1. The van der Waals surface area contributed by atoms with E-state index in [-0.39, 0.29) is 23.9 Å². The number of rotatable bonds is 5. The van der Waals surface area contributed by atoms with Crippen molar-refractivity contribution in [3.63, 3.8) is 0 Å². The molecule has 0 unspecified atom stereocenters. The van der Waals surface area contributed by atoms with Gasteiger partial charge in [-0.15, -0.1) is 5.10 Å². The van der Waals surface area contributed by atoms with Crippen LogP contribution in [0.5, 0.6) is 5.75 Å². The number of nitrogens with zero attached hydrogens (tertiary/aromatic N) is 3. The molecule has 8 nitrogen and oxygen atoms in total. The Morgan fingerprint density at radius 1 is 1.25 bits per heavy atom. The molecule has 0 aliphatic carbocycles. The first-order valence-electron chi connectivity index (χ1n) is 5.77. The van der Waals surface area contributed by atoms with E-state index in [1.807, 2.05) is 0 Å². The Balaban J connectivity index is 1.84. The molecule has 1 aromatic carbocycles. The Hall–Kier alpha value is -2.90. The molecule has 104 valence electrons. The number of aromatic carboxylic acids is 1. The number of amides is 1. The third kappa shape index (κ3) is 3.31. The molecule has 3 N–H and O–H groups in total. The average molecular weight is 276 g/mol. The lowest BCUT2D eigenvalue weighted by molar-refractivity contribution is 0.0690. The highest BCUT2D eigenvalue weighted by Gasteiger charge is 2.08. The highest BCUT2D eigenvalue weighted by Crippen LogP contribution is 2.09. The van der Waals surface area contributed by atoms with Crippen LogP contribution in [-0.2, 0) is 6.54 Å². The van der Waals surface area contributed by atoms with Gasteiger partial charge in [-0.3, -0.25) is 4.79 Å². The number of benzene rings is 1. The molecule has 0 atom stereocenters. The van der Waals surface area contributed by atoms with Gasteiger partial charge in [0.15, 0.2) is 5.69 Å². The molecule has 1 aromatic heterocycles. The third-order valence-corrected chi connectivity index (χ3v) is 2.51. The Bertz CT molecular complexity index is 621. The van der Waals surface area contributed by atoms with Crippen LogP contribution in [0.4, 0.5) is 0 Å². The average Bonchev–Trinajstić information content (AvgIpc) is 2.88. The molecular weight excluding hydrogens is 264 g/mol. The van der Waals surface area contributed by atoms with Crippen molar-refractivity contribution in [2.75, 3.05) is 6.54 Å². The summed E-state index contributed by atoms with van der Waals surface area (Å²) in [6.07, 6.45) is 1.29. The normalized spacial score (nSPS) is 10.2. The zero-order valence-corrected chi connectivity index (χ0v) is 10.4. The summed E-state index contributed by atoms with van der Waals surface area (Å²) in [5, 5.41) is 27.5. The van der Waals surface area contributed by atoms with Crippen LogP contribution in [0.15, 0.2) is 30.5 Å². The van der Waals surface area contributed by atoms with Crippen LogP contribution in [0.2, 0.25) is 0 Å². The fourth-order valence-electron chi connectivity index (χ4n) is 1.50.